The lowest BCUT2D eigenvalue weighted by atomic mass is 10.1. The quantitative estimate of drug-likeness (QED) is 0.562. The van der Waals surface area contributed by atoms with Crippen LogP contribution in [0.5, 0.6) is 0 Å². The summed E-state index contributed by atoms with van der Waals surface area (Å²) in [7, 11) is 0. The highest BCUT2D eigenvalue weighted by atomic mass is 19.2. The SMILES string of the molecule is Cc1nccc(N(Cc2cccnc2)Cc2cc(=O)[nH]c3c(F)c(F)ccc23)n1. The highest BCUT2D eigenvalue weighted by molar-refractivity contribution is 5.82. The number of aromatic amines is 1. The van der Waals surface area contributed by atoms with Crippen LogP contribution < -0.4 is 10.5 Å². The standard InChI is InChI=1S/C21H17F2N5O/c1-13-25-8-6-18(26-13)28(11-14-3-2-7-24-10-14)12-15-9-19(29)27-21-16(15)4-5-17(22)20(21)23/h2-10H,11-12H2,1H3,(H,27,29). The van der Waals surface area contributed by atoms with Gasteiger partial charge in [0.05, 0.1) is 5.52 Å². The van der Waals surface area contributed by atoms with E-state index in [9.17, 15) is 13.6 Å². The van der Waals surface area contributed by atoms with Crippen LogP contribution in [0.25, 0.3) is 10.9 Å². The lowest BCUT2D eigenvalue weighted by Crippen LogP contribution is -2.25. The number of aromatic nitrogens is 4. The Hall–Kier alpha value is -3.68. The minimum Gasteiger partial charge on any atom is -0.348 e. The van der Waals surface area contributed by atoms with E-state index in [1.807, 2.05) is 17.0 Å². The van der Waals surface area contributed by atoms with E-state index in [0.29, 0.717) is 29.1 Å². The molecule has 0 aliphatic carbocycles. The molecule has 0 fully saturated rings. The minimum atomic E-state index is -1.07. The van der Waals surface area contributed by atoms with E-state index < -0.39 is 17.2 Å². The minimum absolute atomic E-state index is 0.146. The molecule has 0 saturated carbocycles. The first kappa shape index (κ1) is 18.7. The van der Waals surface area contributed by atoms with E-state index in [4.69, 9.17) is 0 Å². The summed E-state index contributed by atoms with van der Waals surface area (Å²) in [6, 6.07) is 9.44. The fourth-order valence-electron chi connectivity index (χ4n) is 3.22. The summed E-state index contributed by atoms with van der Waals surface area (Å²) in [5, 5.41) is 0.436. The number of hydrogen-bond donors (Lipinski definition) is 1. The van der Waals surface area contributed by atoms with Crippen LogP contribution >= 0.6 is 0 Å². The van der Waals surface area contributed by atoms with Gasteiger partial charge in [-0.25, -0.2) is 18.7 Å². The van der Waals surface area contributed by atoms with Crippen LogP contribution in [0.4, 0.5) is 14.6 Å². The molecule has 4 rings (SSSR count). The molecule has 1 aromatic carbocycles. The second-order valence-electron chi connectivity index (χ2n) is 6.62. The zero-order valence-corrected chi connectivity index (χ0v) is 15.6. The molecule has 0 saturated heterocycles. The third kappa shape index (κ3) is 3.96. The first-order valence-electron chi connectivity index (χ1n) is 8.94. The number of H-pyrrole nitrogens is 1. The molecule has 8 heteroatoms. The highest BCUT2D eigenvalue weighted by Crippen LogP contribution is 2.24. The maximum absolute atomic E-state index is 14.2. The van der Waals surface area contributed by atoms with Crippen LogP contribution in [0, 0.1) is 18.6 Å². The Bertz CT molecular complexity index is 1230. The van der Waals surface area contributed by atoms with Crippen molar-refractivity contribution in [3.05, 3.63) is 93.9 Å². The highest BCUT2D eigenvalue weighted by Gasteiger charge is 2.16. The molecule has 1 N–H and O–H groups in total. The van der Waals surface area contributed by atoms with Gasteiger partial charge in [-0.05, 0) is 42.3 Å². The lowest BCUT2D eigenvalue weighted by molar-refractivity contribution is 0.515. The third-order valence-electron chi connectivity index (χ3n) is 4.54. The summed E-state index contributed by atoms with van der Waals surface area (Å²) < 4.78 is 27.9. The van der Waals surface area contributed by atoms with Gasteiger partial charge in [-0.1, -0.05) is 6.07 Å². The van der Waals surface area contributed by atoms with Crippen molar-refractivity contribution in [3.8, 4) is 0 Å². The Morgan fingerprint density at radius 3 is 2.72 bits per heavy atom. The van der Waals surface area contributed by atoms with Gasteiger partial charge in [-0.3, -0.25) is 9.78 Å². The van der Waals surface area contributed by atoms with Crippen molar-refractivity contribution >= 4 is 16.7 Å². The van der Waals surface area contributed by atoms with Crippen molar-refractivity contribution in [2.45, 2.75) is 20.0 Å². The normalized spacial score (nSPS) is 11.0. The molecular weight excluding hydrogens is 376 g/mol. The number of nitrogens with zero attached hydrogens (tertiary/aromatic N) is 4. The van der Waals surface area contributed by atoms with Gasteiger partial charge in [0.2, 0.25) is 5.56 Å². The Balaban J connectivity index is 1.80. The number of nitrogens with one attached hydrogen (secondary N) is 1. The molecule has 0 bridgehead atoms. The van der Waals surface area contributed by atoms with Crippen molar-refractivity contribution in [2.75, 3.05) is 4.90 Å². The number of halogens is 2. The third-order valence-corrected chi connectivity index (χ3v) is 4.54. The molecule has 4 aromatic rings. The van der Waals surface area contributed by atoms with E-state index in [0.717, 1.165) is 11.6 Å². The fourth-order valence-corrected chi connectivity index (χ4v) is 3.22. The average Bonchev–Trinajstić information content (AvgIpc) is 2.71. The van der Waals surface area contributed by atoms with Gasteiger partial charge in [0, 0.05) is 43.1 Å². The molecule has 3 heterocycles. The topological polar surface area (TPSA) is 74.8 Å². The fraction of sp³-hybridized carbons (Fsp3) is 0.143. The van der Waals surface area contributed by atoms with E-state index in [1.165, 1.54) is 12.1 Å². The Kier molecular flexibility index (Phi) is 4.99. The van der Waals surface area contributed by atoms with Crippen LogP contribution in [0.3, 0.4) is 0 Å². The number of hydrogen-bond acceptors (Lipinski definition) is 5. The number of fused-ring (bicyclic) bond motifs is 1. The van der Waals surface area contributed by atoms with Crippen LogP contribution in [-0.2, 0) is 13.1 Å². The maximum atomic E-state index is 14.2. The van der Waals surface area contributed by atoms with Crippen molar-refractivity contribution in [3.63, 3.8) is 0 Å². The summed E-state index contributed by atoms with van der Waals surface area (Å²) in [4.78, 5) is 29.2. The molecule has 29 heavy (non-hydrogen) atoms. The summed E-state index contributed by atoms with van der Waals surface area (Å²) in [5.74, 6) is -0.831. The molecular formula is C21H17F2N5O. The molecule has 0 atom stereocenters. The van der Waals surface area contributed by atoms with E-state index in [2.05, 4.69) is 19.9 Å². The maximum Gasteiger partial charge on any atom is 0.248 e. The summed E-state index contributed by atoms with van der Waals surface area (Å²) in [6.45, 7) is 2.51. The van der Waals surface area contributed by atoms with Gasteiger partial charge in [0.1, 0.15) is 11.6 Å². The Morgan fingerprint density at radius 2 is 1.97 bits per heavy atom. The van der Waals surface area contributed by atoms with Gasteiger partial charge in [-0.2, -0.15) is 0 Å². The van der Waals surface area contributed by atoms with E-state index in [1.54, 1.807) is 31.6 Å². The van der Waals surface area contributed by atoms with Gasteiger partial charge in [0.15, 0.2) is 11.6 Å². The number of pyridine rings is 2. The predicted octanol–water partition coefficient (Wildman–Crippen LogP) is 3.51. The number of rotatable bonds is 5. The smallest absolute Gasteiger partial charge is 0.248 e. The molecule has 0 unspecified atom stereocenters. The molecule has 0 aliphatic heterocycles. The molecule has 6 nitrogen and oxygen atoms in total. The first-order chi connectivity index (χ1) is 14.0. The molecule has 3 aromatic heterocycles. The van der Waals surface area contributed by atoms with Crippen LogP contribution in [-0.4, -0.2) is 19.9 Å². The largest absolute Gasteiger partial charge is 0.348 e. The van der Waals surface area contributed by atoms with Crippen LogP contribution in [0.1, 0.15) is 17.0 Å². The molecule has 0 spiro atoms. The summed E-state index contributed by atoms with van der Waals surface area (Å²) >= 11 is 0. The Labute approximate surface area is 164 Å². The van der Waals surface area contributed by atoms with Crippen molar-refractivity contribution in [1.29, 1.82) is 0 Å². The van der Waals surface area contributed by atoms with Gasteiger partial charge in [0.25, 0.3) is 0 Å². The number of aryl methyl sites for hydroxylation is 1. The van der Waals surface area contributed by atoms with Crippen LogP contribution in [0.15, 0.2) is 59.8 Å². The van der Waals surface area contributed by atoms with E-state index >= 15 is 0 Å². The van der Waals surface area contributed by atoms with Crippen molar-refractivity contribution < 1.29 is 8.78 Å². The van der Waals surface area contributed by atoms with E-state index in [-0.39, 0.29) is 12.1 Å². The van der Waals surface area contributed by atoms with Gasteiger partial charge in [-0.15, -0.1) is 0 Å². The molecule has 146 valence electrons. The monoisotopic (exact) mass is 393 g/mol. The zero-order chi connectivity index (χ0) is 20.4. The molecule has 0 aliphatic rings. The van der Waals surface area contributed by atoms with Gasteiger partial charge >= 0.3 is 0 Å². The van der Waals surface area contributed by atoms with Crippen LogP contribution in [0.2, 0.25) is 0 Å². The Morgan fingerprint density at radius 1 is 1.10 bits per heavy atom. The van der Waals surface area contributed by atoms with Crippen molar-refractivity contribution in [2.24, 2.45) is 0 Å². The summed E-state index contributed by atoms with van der Waals surface area (Å²) in [6.07, 6.45) is 5.08. The van der Waals surface area contributed by atoms with Gasteiger partial charge < -0.3 is 9.88 Å². The predicted molar refractivity (Wildman–Crippen MR) is 105 cm³/mol. The summed E-state index contributed by atoms with van der Waals surface area (Å²) in [5.41, 5.74) is 0.850. The second kappa shape index (κ2) is 7.75. The first-order valence-corrected chi connectivity index (χ1v) is 8.94. The molecule has 0 amide bonds. The average molecular weight is 393 g/mol. The lowest BCUT2D eigenvalue weighted by Gasteiger charge is -2.24. The second-order valence-corrected chi connectivity index (χ2v) is 6.62. The molecule has 0 radical (unpaired) electrons. The number of benzene rings is 1. The van der Waals surface area contributed by atoms with Crippen molar-refractivity contribution in [1.82, 2.24) is 19.9 Å². The number of anilines is 1. The zero-order valence-electron chi connectivity index (χ0n) is 15.6.